The third-order valence-corrected chi connectivity index (χ3v) is 4.57. The summed E-state index contributed by atoms with van der Waals surface area (Å²) in [6.07, 6.45) is 1.18. The van der Waals surface area contributed by atoms with Gasteiger partial charge in [0.1, 0.15) is 5.15 Å². The number of esters is 1. The Morgan fingerprint density at radius 1 is 1.27 bits per heavy atom. The molecule has 1 aromatic carbocycles. The van der Waals surface area contributed by atoms with Crippen molar-refractivity contribution in [2.75, 3.05) is 11.4 Å². The van der Waals surface area contributed by atoms with E-state index in [1.807, 2.05) is 0 Å². The Bertz CT molecular complexity index is 897. The molecule has 0 bridgehead atoms. The molecule has 1 unspecified atom stereocenters. The SMILES string of the molecule is CC(=O)N1CCc2cc(C(=O)C(C)OC(=O)c3cccnc3Cl)ccc21. The lowest BCUT2D eigenvalue weighted by molar-refractivity contribution is -0.116. The predicted molar refractivity (Wildman–Crippen MR) is 96.6 cm³/mol. The first kappa shape index (κ1) is 18.1. The Balaban J connectivity index is 1.74. The summed E-state index contributed by atoms with van der Waals surface area (Å²) < 4.78 is 5.23. The van der Waals surface area contributed by atoms with Crippen LogP contribution in [0.3, 0.4) is 0 Å². The van der Waals surface area contributed by atoms with Crippen molar-refractivity contribution in [1.82, 2.24) is 4.98 Å². The second-order valence-electron chi connectivity index (χ2n) is 6.02. The highest BCUT2D eigenvalue weighted by atomic mass is 35.5. The Morgan fingerprint density at radius 3 is 2.73 bits per heavy atom. The van der Waals surface area contributed by atoms with Crippen molar-refractivity contribution >= 4 is 34.9 Å². The van der Waals surface area contributed by atoms with Crippen molar-refractivity contribution < 1.29 is 19.1 Å². The number of ketones is 1. The van der Waals surface area contributed by atoms with Gasteiger partial charge in [-0.15, -0.1) is 0 Å². The van der Waals surface area contributed by atoms with Gasteiger partial charge in [0.25, 0.3) is 0 Å². The van der Waals surface area contributed by atoms with Gasteiger partial charge in [-0.25, -0.2) is 9.78 Å². The number of rotatable bonds is 4. The Hall–Kier alpha value is -2.73. The number of benzene rings is 1. The number of amides is 1. The minimum Gasteiger partial charge on any atom is -0.451 e. The fraction of sp³-hybridized carbons (Fsp3) is 0.263. The summed E-state index contributed by atoms with van der Waals surface area (Å²) in [7, 11) is 0. The van der Waals surface area contributed by atoms with E-state index in [-0.39, 0.29) is 22.4 Å². The molecule has 0 saturated carbocycles. The second kappa shape index (κ2) is 7.25. The maximum atomic E-state index is 12.6. The van der Waals surface area contributed by atoms with Crippen LogP contribution in [0, 0.1) is 0 Å². The summed E-state index contributed by atoms with van der Waals surface area (Å²) in [5.74, 6) is -1.05. The number of aromatic nitrogens is 1. The Kier molecular flexibility index (Phi) is 5.04. The summed E-state index contributed by atoms with van der Waals surface area (Å²) in [6.45, 7) is 3.63. The van der Waals surface area contributed by atoms with Crippen molar-refractivity contribution in [2.24, 2.45) is 0 Å². The lowest BCUT2D eigenvalue weighted by Crippen LogP contribution is -2.26. The molecule has 6 nitrogen and oxygen atoms in total. The van der Waals surface area contributed by atoms with Gasteiger partial charge in [0.15, 0.2) is 6.10 Å². The first-order chi connectivity index (χ1) is 12.4. The standard InChI is InChI=1S/C19H17ClN2O4/c1-11(26-19(25)15-4-3-8-21-18(15)20)17(24)14-5-6-16-13(10-14)7-9-22(16)12(2)23/h3-6,8,10-11H,7,9H2,1-2H3. The van der Waals surface area contributed by atoms with E-state index in [0.717, 1.165) is 11.3 Å². The van der Waals surface area contributed by atoms with E-state index >= 15 is 0 Å². The number of ether oxygens (including phenoxy) is 1. The topological polar surface area (TPSA) is 76.6 Å². The summed E-state index contributed by atoms with van der Waals surface area (Å²) in [4.78, 5) is 41.9. The van der Waals surface area contributed by atoms with Crippen LogP contribution in [0.2, 0.25) is 5.15 Å². The van der Waals surface area contributed by atoms with Crippen LogP contribution in [-0.2, 0) is 16.0 Å². The van der Waals surface area contributed by atoms with Gasteiger partial charge in [0.05, 0.1) is 5.56 Å². The van der Waals surface area contributed by atoms with Crippen LogP contribution in [0.25, 0.3) is 0 Å². The molecule has 0 spiro atoms. The molecule has 1 aliphatic rings. The Morgan fingerprint density at radius 2 is 2.04 bits per heavy atom. The van der Waals surface area contributed by atoms with Gasteiger partial charge in [-0.1, -0.05) is 11.6 Å². The van der Waals surface area contributed by atoms with Crippen LogP contribution in [0.15, 0.2) is 36.5 Å². The molecule has 1 aliphatic heterocycles. The van der Waals surface area contributed by atoms with Gasteiger partial charge in [0.2, 0.25) is 11.7 Å². The molecule has 0 fully saturated rings. The molecule has 0 saturated heterocycles. The average molecular weight is 373 g/mol. The highest BCUT2D eigenvalue weighted by molar-refractivity contribution is 6.32. The number of fused-ring (bicyclic) bond motifs is 1. The molecule has 134 valence electrons. The first-order valence-corrected chi connectivity index (χ1v) is 8.53. The van der Waals surface area contributed by atoms with E-state index in [2.05, 4.69) is 4.98 Å². The number of hydrogen-bond donors (Lipinski definition) is 0. The van der Waals surface area contributed by atoms with Crippen molar-refractivity contribution in [3.8, 4) is 0 Å². The number of halogens is 1. The minimum absolute atomic E-state index is 0.0269. The van der Waals surface area contributed by atoms with Crippen LogP contribution < -0.4 is 4.90 Å². The van der Waals surface area contributed by atoms with Gasteiger partial charge >= 0.3 is 5.97 Å². The van der Waals surface area contributed by atoms with Crippen molar-refractivity contribution in [3.05, 3.63) is 58.4 Å². The van der Waals surface area contributed by atoms with E-state index in [4.69, 9.17) is 16.3 Å². The fourth-order valence-electron chi connectivity index (χ4n) is 2.93. The maximum Gasteiger partial charge on any atom is 0.341 e. The van der Waals surface area contributed by atoms with E-state index in [1.54, 1.807) is 29.2 Å². The maximum absolute atomic E-state index is 12.6. The number of anilines is 1. The molecule has 0 aliphatic carbocycles. The average Bonchev–Trinajstić information content (AvgIpc) is 3.04. The van der Waals surface area contributed by atoms with Crippen LogP contribution in [0.4, 0.5) is 5.69 Å². The zero-order valence-electron chi connectivity index (χ0n) is 14.4. The first-order valence-electron chi connectivity index (χ1n) is 8.15. The monoisotopic (exact) mass is 372 g/mol. The molecule has 3 rings (SSSR count). The third kappa shape index (κ3) is 3.46. The van der Waals surface area contributed by atoms with Crippen molar-refractivity contribution in [3.63, 3.8) is 0 Å². The van der Waals surface area contributed by atoms with Gasteiger partial charge in [-0.05, 0) is 49.2 Å². The second-order valence-corrected chi connectivity index (χ2v) is 6.38. The van der Waals surface area contributed by atoms with Crippen molar-refractivity contribution in [1.29, 1.82) is 0 Å². The van der Waals surface area contributed by atoms with Crippen molar-refractivity contribution in [2.45, 2.75) is 26.4 Å². The fourth-order valence-corrected chi connectivity index (χ4v) is 3.13. The number of carbonyl (C=O) groups is 3. The summed E-state index contributed by atoms with van der Waals surface area (Å²) in [6, 6.07) is 8.20. The largest absolute Gasteiger partial charge is 0.451 e. The predicted octanol–water partition coefficient (Wildman–Crippen LogP) is 3.07. The molecule has 1 aromatic heterocycles. The van der Waals surface area contributed by atoms with Gasteiger partial charge < -0.3 is 9.64 Å². The van der Waals surface area contributed by atoms with E-state index in [9.17, 15) is 14.4 Å². The molecular formula is C19H17ClN2O4. The van der Waals surface area contributed by atoms with Crippen LogP contribution in [-0.4, -0.2) is 35.3 Å². The summed E-state index contributed by atoms with van der Waals surface area (Å²) in [5, 5.41) is 0.0269. The van der Waals surface area contributed by atoms with Crippen LogP contribution >= 0.6 is 11.6 Å². The molecular weight excluding hydrogens is 356 g/mol. The molecule has 2 heterocycles. The number of pyridine rings is 1. The number of carbonyl (C=O) groups excluding carboxylic acids is 3. The zero-order chi connectivity index (χ0) is 18.8. The van der Waals surface area contributed by atoms with E-state index in [1.165, 1.54) is 26.1 Å². The van der Waals surface area contributed by atoms with Gasteiger partial charge in [-0.3, -0.25) is 9.59 Å². The molecule has 1 amide bonds. The number of hydrogen-bond acceptors (Lipinski definition) is 5. The summed E-state index contributed by atoms with van der Waals surface area (Å²) in [5.41, 5.74) is 2.30. The van der Waals surface area contributed by atoms with E-state index in [0.29, 0.717) is 18.5 Å². The normalized spacial score (nSPS) is 13.9. The lowest BCUT2D eigenvalue weighted by Gasteiger charge is -2.16. The van der Waals surface area contributed by atoms with E-state index < -0.39 is 12.1 Å². The lowest BCUT2D eigenvalue weighted by atomic mass is 10.0. The number of Topliss-reactive ketones (excluding diaryl/α,β-unsaturated/α-hetero) is 1. The molecule has 0 radical (unpaired) electrons. The molecule has 26 heavy (non-hydrogen) atoms. The Labute approximate surface area is 155 Å². The summed E-state index contributed by atoms with van der Waals surface area (Å²) >= 11 is 5.87. The third-order valence-electron chi connectivity index (χ3n) is 4.27. The highest BCUT2D eigenvalue weighted by Crippen LogP contribution is 2.29. The quantitative estimate of drug-likeness (QED) is 0.468. The van der Waals surface area contributed by atoms with Gasteiger partial charge in [-0.2, -0.15) is 0 Å². The molecule has 0 N–H and O–H groups in total. The zero-order valence-corrected chi connectivity index (χ0v) is 15.1. The smallest absolute Gasteiger partial charge is 0.341 e. The molecule has 1 atom stereocenters. The van der Waals surface area contributed by atoms with Crippen LogP contribution in [0.5, 0.6) is 0 Å². The minimum atomic E-state index is -0.970. The highest BCUT2D eigenvalue weighted by Gasteiger charge is 2.26. The number of nitrogens with zero attached hydrogens (tertiary/aromatic N) is 2. The molecule has 2 aromatic rings. The molecule has 7 heteroatoms. The van der Waals surface area contributed by atoms with Gasteiger partial charge in [0, 0.05) is 30.9 Å². The van der Waals surface area contributed by atoms with Crippen LogP contribution in [0.1, 0.15) is 40.1 Å².